The molecule has 0 unspecified atom stereocenters. The average molecular weight is 316 g/mol. The van der Waals surface area contributed by atoms with E-state index in [9.17, 15) is 18.8 Å². The van der Waals surface area contributed by atoms with E-state index in [-0.39, 0.29) is 15.7 Å². The molecule has 0 saturated carbocycles. The van der Waals surface area contributed by atoms with Gasteiger partial charge in [-0.25, -0.2) is 4.39 Å². The molecule has 0 saturated heterocycles. The molecule has 0 radical (unpaired) electrons. The lowest BCUT2D eigenvalue weighted by atomic mass is 10.1. The highest BCUT2D eigenvalue weighted by atomic mass is 79.9. The number of rotatable bonds is 2. The second-order valence-corrected chi connectivity index (χ2v) is 4.43. The minimum absolute atomic E-state index is 0.0595. The Morgan fingerprint density at radius 2 is 2.11 bits per heavy atom. The van der Waals surface area contributed by atoms with Crippen molar-refractivity contribution in [3.63, 3.8) is 0 Å². The number of hydrogen-bond donors (Lipinski definition) is 0. The SMILES string of the molecule is COC(=O)CN1C(=O)C(=O)c2cc(F)cc(Br)c21. The molecule has 18 heavy (non-hydrogen) atoms. The minimum Gasteiger partial charge on any atom is -0.468 e. The number of amides is 1. The monoisotopic (exact) mass is 315 g/mol. The Kier molecular flexibility index (Phi) is 3.16. The van der Waals surface area contributed by atoms with Crippen molar-refractivity contribution in [2.75, 3.05) is 18.6 Å². The molecule has 1 aromatic rings. The number of nitrogens with zero attached hydrogens (tertiary/aromatic N) is 1. The van der Waals surface area contributed by atoms with E-state index in [1.165, 1.54) is 7.11 Å². The molecule has 94 valence electrons. The van der Waals surface area contributed by atoms with Crippen LogP contribution in [0.25, 0.3) is 0 Å². The highest BCUT2D eigenvalue weighted by Crippen LogP contribution is 2.36. The summed E-state index contributed by atoms with van der Waals surface area (Å²) in [6.07, 6.45) is 0. The van der Waals surface area contributed by atoms with E-state index in [0.717, 1.165) is 17.0 Å². The Bertz CT molecular complexity index is 572. The van der Waals surface area contributed by atoms with E-state index in [1.807, 2.05) is 0 Å². The summed E-state index contributed by atoms with van der Waals surface area (Å²) in [4.78, 5) is 35.5. The fourth-order valence-corrected chi connectivity index (χ4v) is 2.34. The smallest absolute Gasteiger partial charge is 0.325 e. The molecule has 0 atom stereocenters. The minimum atomic E-state index is -0.873. The van der Waals surface area contributed by atoms with Gasteiger partial charge in [-0.15, -0.1) is 0 Å². The molecule has 0 bridgehead atoms. The van der Waals surface area contributed by atoms with E-state index < -0.39 is 30.0 Å². The first-order chi connectivity index (χ1) is 8.45. The summed E-state index contributed by atoms with van der Waals surface area (Å²) >= 11 is 3.07. The third-order valence-electron chi connectivity index (χ3n) is 2.50. The van der Waals surface area contributed by atoms with Crippen molar-refractivity contribution in [2.24, 2.45) is 0 Å². The summed E-state index contributed by atoms with van der Waals surface area (Å²) < 4.78 is 17.9. The van der Waals surface area contributed by atoms with E-state index in [2.05, 4.69) is 20.7 Å². The quantitative estimate of drug-likeness (QED) is 0.609. The van der Waals surface area contributed by atoms with Crippen molar-refractivity contribution in [3.8, 4) is 0 Å². The number of fused-ring (bicyclic) bond motifs is 1. The van der Waals surface area contributed by atoms with E-state index in [0.29, 0.717) is 0 Å². The molecule has 0 spiro atoms. The number of carbonyl (C=O) groups is 3. The second-order valence-electron chi connectivity index (χ2n) is 3.58. The van der Waals surface area contributed by atoms with Crippen molar-refractivity contribution < 1.29 is 23.5 Å². The van der Waals surface area contributed by atoms with Gasteiger partial charge in [0.15, 0.2) is 0 Å². The molecule has 1 aromatic carbocycles. The maximum Gasteiger partial charge on any atom is 0.325 e. The zero-order valence-corrected chi connectivity index (χ0v) is 10.8. The molecule has 5 nitrogen and oxygen atoms in total. The molecule has 1 heterocycles. The molecule has 0 aromatic heterocycles. The molecule has 1 amide bonds. The topological polar surface area (TPSA) is 63.7 Å². The Balaban J connectivity index is 2.51. The molecule has 1 aliphatic rings. The van der Waals surface area contributed by atoms with Gasteiger partial charge in [0.05, 0.1) is 18.4 Å². The maximum absolute atomic E-state index is 13.2. The predicted molar refractivity (Wildman–Crippen MR) is 62.8 cm³/mol. The van der Waals surface area contributed by atoms with Gasteiger partial charge in [-0.2, -0.15) is 0 Å². The van der Waals surface area contributed by atoms with Crippen LogP contribution in [0.2, 0.25) is 0 Å². The van der Waals surface area contributed by atoms with Crippen molar-refractivity contribution in [1.29, 1.82) is 0 Å². The van der Waals surface area contributed by atoms with Crippen LogP contribution in [0.3, 0.4) is 0 Å². The molecular weight excluding hydrogens is 309 g/mol. The van der Waals surface area contributed by atoms with Gasteiger partial charge < -0.3 is 4.74 Å². The summed E-state index contributed by atoms with van der Waals surface area (Å²) in [7, 11) is 1.17. The van der Waals surface area contributed by atoms with Crippen molar-refractivity contribution in [1.82, 2.24) is 0 Å². The molecular formula is C11H7BrFNO4. The highest BCUT2D eigenvalue weighted by Gasteiger charge is 2.39. The standard InChI is InChI=1S/C11H7BrFNO4/c1-18-8(15)4-14-9-6(10(16)11(14)17)2-5(13)3-7(9)12/h2-3H,4H2,1H3. The molecule has 0 N–H and O–H groups in total. The molecule has 2 rings (SSSR count). The van der Waals surface area contributed by atoms with Crippen LogP contribution < -0.4 is 4.90 Å². The van der Waals surface area contributed by atoms with Gasteiger partial charge in [0, 0.05) is 4.47 Å². The normalized spacial score (nSPS) is 13.8. The average Bonchev–Trinajstić information content (AvgIpc) is 2.54. The van der Waals surface area contributed by atoms with Crippen LogP contribution in [0.1, 0.15) is 10.4 Å². The number of anilines is 1. The number of benzene rings is 1. The van der Waals surface area contributed by atoms with Crippen LogP contribution in [-0.4, -0.2) is 31.3 Å². The van der Waals surface area contributed by atoms with Gasteiger partial charge in [0.1, 0.15) is 12.4 Å². The Morgan fingerprint density at radius 3 is 2.72 bits per heavy atom. The van der Waals surface area contributed by atoms with E-state index >= 15 is 0 Å². The first-order valence-electron chi connectivity index (χ1n) is 4.87. The van der Waals surface area contributed by atoms with Crippen LogP contribution in [0, 0.1) is 5.82 Å². The van der Waals surface area contributed by atoms with Gasteiger partial charge >= 0.3 is 5.97 Å². The molecule has 1 aliphatic heterocycles. The summed E-state index contributed by atoms with van der Waals surface area (Å²) in [6, 6.07) is 2.09. The van der Waals surface area contributed by atoms with E-state index in [1.54, 1.807) is 0 Å². The number of Topliss-reactive ketones (excluding diaryl/α,β-unsaturated/α-hetero) is 1. The number of carbonyl (C=O) groups excluding carboxylic acids is 3. The lowest BCUT2D eigenvalue weighted by molar-refractivity contribution is -0.139. The third kappa shape index (κ3) is 1.90. The van der Waals surface area contributed by atoms with Gasteiger partial charge in [0.25, 0.3) is 11.7 Å². The number of ketones is 1. The van der Waals surface area contributed by atoms with Gasteiger partial charge in [-0.05, 0) is 28.1 Å². The summed E-state index contributed by atoms with van der Waals surface area (Å²) in [6.45, 7) is -0.391. The van der Waals surface area contributed by atoms with Gasteiger partial charge in [-0.3, -0.25) is 19.3 Å². The summed E-state index contributed by atoms with van der Waals surface area (Å²) in [5, 5.41) is 0. The third-order valence-corrected chi connectivity index (χ3v) is 3.10. The first kappa shape index (κ1) is 12.7. The van der Waals surface area contributed by atoms with Gasteiger partial charge in [-0.1, -0.05) is 0 Å². The number of methoxy groups -OCH3 is 1. The summed E-state index contributed by atoms with van der Waals surface area (Å²) in [5.74, 6) is -3.02. The lowest BCUT2D eigenvalue weighted by Gasteiger charge is -2.15. The largest absolute Gasteiger partial charge is 0.468 e. The van der Waals surface area contributed by atoms with Crippen molar-refractivity contribution in [2.45, 2.75) is 0 Å². The van der Waals surface area contributed by atoms with Crippen LogP contribution >= 0.6 is 15.9 Å². The molecule has 0 aliphatic carbocycles. The lowest BCUT2D eigenvalue weighted by Crippen LogP contribution is -2.35. The fraction of sp³-hybridized carbons (Fsp3) is 0.182. The zero-order chi connectivity index (χ0) is 13.4. The maximum atomic E-state index is 13.2. The van der Waals surface area contributed by atoms with Gasteiger partial charge in [0.2, 0.25) is 0 Å². The fourth-order valence-electron chi connectivity index (χ4n) is 1.70. The highest BCUT2D eigenvalue weighted by molar-refractivity contribution is 9.10. The first-order valence-corrected chi connectivity index (χ1v) is 5.67. The number of ether oxygens (including phenoxy) is 1. The second kappa shape index (κ2) is 4.49. The molecule has 0 fully saturated rings. The van der Waals surface area contributed by atoms with Crippen LogP contribution in [0.15, 0.2) is 16.6 Å². The summed E-state index contributed by atoms with van der Waals surface area (Å²) in [5.41, 5.74) is 0.132. The molecule has 7 heteroatoms. The van der Waals surface area contributed by atoms with E-state index in [4.69, 9.17) is 0 Å². The van der Waals surface area contributed by atoms with Crippen LogP contribution in [-0.2, 0) is 14.3 Å². The number of halogens is 2. The predicted octanol–water partition coefficient (Wildman–Crippen LogP) is 1.29. The van der Waals surface area contributed by atoms with Crippen molar-refractivity contribution >= 4 is 39.3 Å². The van der Waals surface area contributed by atoms with Crippen LogP contribution in [0.5, 0.6) is 0 Å². The zero-order valence-electron chi connectivity index (χ0n) is 9.20. The Hall–Kier alpha value is -1.76. The Labute approximate surface area is 110 Å². The van der Waals surface area contributed by atoms with Crippen molar-refractivity contribution in [3.05, 3.63) is 28.0 Å². The van der Waals surface area contributed by atoms with Crippen LogP contribution in [0.4, 0.5) is 10.1 Å². The Morgan fingerprint density at radius 1 is 1.44 bits per heavy atom. The number of hydrogen-bond acceptors (Lipinski definition) is 4. The number of esters is 1.